The van der Waals surface area contributed by atoms with Crippen LogP contribution in [0.3, 0.4) is 0 Å². The molecule has 12 rings (SSSR count). The van der Waals surface area contributed by atoms with E-state index in [0.29, 0.717) is 0 Å². The summed E-state index contributed by atoms with van der Waals surface area (Å²) in [6.07, 6.45) is 6.24. The zero-order valence-electron chi connectivity index (χ0n) is 37.0. The highest BCUT2D eigenvalue weighted by Crippen LogP contribution is 2.59. The van der Waals surface area contributed by atoms with Crippen molar-refractivity contribution in [3.8, 4) is 11.5 Å². The Morgan fingerprint density at radius 3 is 0.812 bits per heavy atom. The van der Waals surface area contributed by atoms with E-state index < -0.39 is 11.2 Å². The number of nitrogens with zero attached hydrogens (tertiary/aromatic N) is 2. The van der Waals surface area contributed by atoms with Gasteiger partial charge in [0.15, 0.2) is 0 Å². The summed E-state index contributed by atoms with van der Waals surface area (Å²) in [5, 5.41) is 24.9. The van der Waals surface area contributed by atoms with Gasteiger partial charge in [-0.2, -0.15) is 0 Å². The van der Waals surface area contributed by atoms with Gasteiger partial charge in [-0.25, -0.2) is 0 Å². The SMILES string of the molecule is OC(c1ccccc1)(c1ccccc1)C12CC[N+](CCOc3ccccc3)(CC1)CC2.OC(c1ccccc1)(c1ccccc1)C12CC[N+](CCOc3ccccc3)(CC1)CC2.[Br-].[Br-]. The summed E-state index contributed by atoms with van der Waals surface area (Å²) in [6.45, 7) is 10.2. The highest BCUT2D eigenvalue weighted by atomic mass is 79.9. The van der Waals surface area contributed by atoms with Gasteiger partial charge in [-0.1, -0.05) is 158 Å². The van der Waals surface area contributed by atoms with Crippen molar-refractivity contribution >= 4 is 0 Å². The Bertz CT molecular complexity index is 2030. The summed E-state index contributed by atoms with van der Waals surface area (Å²) in [6, 6.07) is 61.5. The minimum absolute atomic E-state index is 0. The molecule has 336 valence electrons. The van der Waals surface area contributed by atoms with Gasteiger partial charge in [-0.3, -0.25) is 0 Å². The molecular weight excluding hydrogens is 924 g/mol. The van der Waals surface area contributed by atoms with Crippen molar-refractivity contribution in [3.05, 3.63) is 204 Å². The van der Waals surface area contributed by atoms with Gasteiger partial charge in [-0.15, -0.1) is 0 Å². The molecular formula is C56H64Br2N2O4. The highest BCUT2D eigenvalue weighted by Gasteiger charge is 2.61. The van der Waals surface area contributed by atoms with E-state index in [-0.39, 0.29) is 44.8 Å². The van der Waals surface area contributed by atoms with Crippen molar-refractivity contribution in [1.82, 2.24) is 0 Å². The number of halogens is 2. The maximum atomic E-state index is 12.4. The predicted octanol–water partition coefficient (Wildman–Crippen LogP) is 4.01. The van der Waals surface area contributed by atoms with Crippen molar-refractivity contribution in [1.29, 1.82) is 0 Å². The normalized spacial score (nSPS) is 24.5. The summed E-state index contributed by atoms with van der Waals surface area (Å²) >= 11 is 0. The van der Waals surface area contributed by atoms with E-state index in [0.717, 1.165) is 147 Å². The van der Waals surface area contributed by atoms with Crippen molar-refractivity contribution in [2.45, 2.75) is 49.7 Å². The third-order valence-corrected chi connectivity index (χ3v) is 15.8. The molecule has 4 bridgehead atoms. The Morgan fingerprint density at radius 1 is 0.359 bits per heavy atom. The lowest BCUT2D eigenvalue weighted by atomic mass is 9.56. The van der Waals surface area contributed by atoms with Gasteiger partial charge in [0.1, 0.15) is 49.0 Å². The molecule has 6 saturated heterocycles. The number of aliphatic hydroxyl groups is 2. The fourth-order valence-corrected chi connectivity index (χ4v) is 11.9. The van der Waals surface area contributed by atoms with E-state index in [9.17, 15) is 10.2 Å². The lowest BCUT2D eigenvalue weighted by Gasteiger charge is -2.60. The predicted molar refractivity (Wildman–Crippen MR) is 248 cm³/mol. The molecule has 0 saturated carbocycles. The first-order valence-corrected chi connectivity index (χ1v) is 23.0. The number of rotatable bonds is 14. The monoisotopic (exact) mass is 986 g/mol. The maximum Gasteiger partial charge on any atom is 0.137 e. The lowest BCUT2D eigenvalue weighted by molar-refractivity contribution is -0.946. The minimum Gasteiger partial charge on any atom is -1.00 e. The van der Waals surface area contributed by atoms with Crippen LogP contribution in [0.2, 0.25) is 0 Å². The smallest absolute Gasteiger partial charge is 0.137 e. The second-order valence-electron chi connectivity index (χ2n) is 18.7. The Kier molecular flexibility index (Phi) is 15.3. The molecule has 6 aliphatic heterocycles. The largest absolute Gasteiger partial charge is 1.00 e. The van der Waals surface area contributed by atoms with Crippen LogP contribution in [-0.2, 0) is 11.2 Å². The lowest BCUT2D eigenvalue weighted by Crippen LogP contribution is -3.00. The zero-order valence-corrected chi connectivity index (χ0v) is 40.2. The van der Waals surface area contributed by atoms with E-state index in [4.69, 9.17) is 9.47 Å². The Balaban J connectivity index is 0.000000186. The van der Waals surface area contributed by atoms with E-state index in [1.165, 1.54) is 0 Å². The zero-order chi connectivity index (χ0) is 42.4. The van der Waals surface area contributed by atoms with Crippen molar-refractivity contribution in [3.63, 3.8) is 0 Å². The Morgan fingerprint density at radius 2 is 0.578 bits per heavy atom. The van der Waals surface area contributed by atoms with Gasteiger partial charge in [0, 0.05) is 49.4 Å². The average Bonchev–Trinajstić information content (AvgIpc) is 3.36. The Hall–Kier alpha value is -4.28. The number of quaternary nitrogens is 2. The third-order valence-electron chi connectivity index (χ3n) is 15.8. The number of piperidine rings is 6. The molecule has 8 heteroatoms. The summed E-state index contributed by atoms with van der Waals surface area (Å²) < 4.78 is 14.3. The van der Waals surface area contributed by atoms with E-state index in [1.54, 1.807) is 0 Å². The van der Waals surface area contributed by atoms with Crippen LogP contribution in [0.4, 0.5) is 0 Å². The number of fused-ring (bicyclic) bond motifs is 6. The second-order valence-corrected chi connectivity index (χ2v) is 18.7. The summed E-state index contributed by atoms with van der Waals surface area (Å²) in [5.74, 6) is 1.90. The summed E-state index contributed by atoms with van der Waals surface area (Å²) in [4.78, 5) is 0. The van der Waals surface area contributed by atoms with Gasteiger partial charge in [0.05, 0.1) is 39.3 Å². The van der Waals surface area contributed by atoms with Gasteiger partial charge >= 0.3 is 0 Å². The van der Waals surface area contributed by atoms with E-state index in [1.807, 2.05) is 133 Å². The molecule has 6 aromatic rings. The molecule has 2 N–H and O–H groups in total. The first-order chi connectivity index (χ1) is 30.3. The van der Waals surface area contributed by atoms with Crippen LogP contribution in [0, 0.1) is 10.8 Å². The number of para-hydroxylation sites is 2. The van der Waals surface area contributed by atoms with Gasteiger partial charge in [0.25, 0.3) is 0 Å². The van der Waals surface area contributed by atoms with Crippen LogP contribution in [-0.4, -0.2) is 84.8 Å². The fraction of sp³-hybridized carbons (Fsp3) is 0.357. The number of hydrogen-bond acceptors (Lipinski definition) is 4. The molecule has 0 radical (unpaired) electrons. The highest BCUT2D eigenvalue weighted by molar-refractivity contribution is 5.41. The van der Waals surface area contributed by atoms with Crippen LogP contribution in [0.25, 0.3) is 0 Å². The Labute approximate surface area is 402 Å². The molecule has 6 fully saturated rings. The van der Waals surface area contributed by atoms with Crippen LogP contribution >= 0.6 is 0 Å². The van der Waals surface area contributed by atoms with E-state index >= 15 is 0 Å². The van der Waals surface area contributed by atoms with Crippen molar-refractivity contribution in [2.24, 2.45) is 10.8 Å². The third kappa shape index (κ3) is 9.25. The summed E-state index contributed by atoms with van der Waals surface area (Å²) in [5.41, 5.74) is 1.96. The molecule has 6 aromatic carbocycles. The topological polar surface area (TPSA) is 58.9 Å². The van der Waals surface area contributed by atoms with Crippen LogP contribution in [0.5, 0.6) is 11.5 Å². The number of ether oxygens (including phenoxy) is 2. The van der Waals surface area contributed by atoms with Crippen molar-refractivity contribution in [2.75, 3.05) is 65.6 Å². The molecule has 0 aliphatic carbocycles. The quantitative estimate of drug-likeness (QED) is 0.162. The molecule has 64 heavy (non-hydrogen) atoms. The fourth-order valence-electron chi connectivity index (χ4n) is 11.9. The number of hydrogen-bond donors (Lipinski definition) is 2. The van der Waals surface area contributed by atoms with Crippen molar-refractivity contribution < 1.29 is 62.6 Å². The van der Waals surface area contributed by atoms with Crippen LogP contribution in [0.1, 0.15) is 60.8 Å². The second kappa shape index (κ2) is 20.5. The molecule has 0 amide bonds. The first-order valence-electron chi connectivity index (χ1n) is 23.0. The maximum absolute atomic E-state index is 12.4. The molecule has 0 unspecified atom stereocenters. The molecule has 6 nitrogen and oxygen atoms in total. The average molecular weight is 989 g/mol. The van der Waals surface area contributed by atoms with E-state index in [2.05, 4.69) is 48.5 Å². The van der Waals surface area contributed by atoms with Crippen LogP contribution < -0.4 is 43.4 Å². The molecule has 6 aliphatic rings. The summed E-state index contributed by atoms with van der Waals surface area (Å²) in [7, 11) is 0. The molecule has 6 heterocycles. The molecule has 0 atom stereocenters. The number of benzene rings is 6. The molecule has 0 aromatic heterocycles. The van der Waals surface area contributed by atoms with Gasteiger partial charge in [-0.05, 0) is 46.5 Å². The van der Waals surface area contributed by atoms with Crippen LogP contribution in [0.15, 0.2) is 182 Å². The first kappa shape index (κ1) is 47.7. The minimum atomic E-state index is -0.952. The molecule has 0 spiro atoms. The van der Waals surface area contributed by atoms with Gasteiger partial charge < -0.3 is 62.6 Å². The van der Waals surface area contributed by atoms with Gasteiger partial charge in [0.2, 0.25) is 0 Å². The standard InChI is InChI=1S/2C28H32NO2.2BrH/c2*30-28(24-10-4-1-5-11-24,25-12-6-2-7-13-25)27-16-19-29(20-17-27,21-18-27)22-23-31-26-14-8-3-9-15-26;;/h2*1-15,30H,16-23H2;2*1H/q2*+1;;/p-2.